The first-order valence-electron chi connectivity index (χ1n) is 9.33. The third kappa shape index (κ3) is 4.34. The number of nitrogens with zero attached hydrogens (tertiary/aromatic N) is 1. The highest BCUT2D eigenvalue weighted by Gasteiger charge is 2.39. The number of piperidine rings is 1. The van der Waals surface area contributed by atoms with Crippen LogP contribution in [0.1, 0.15) is 44.6 Å². The predicted molar refractivity (Wildman–Crippen MR) is 95.6 cm³/mol. The molecular formula is C20H32N2O. The summed E-state index contributed by atoms with van der Waals surface area (Å²) in [4.78, 5) is 2.60. The number of aliphatic hydroxyl groups is 1. The molecule has 3 heteroatoms. The van der Waals surface area contributed by atoms with Crippen LogP contribution in [0.4, 0.5) is 0 Å². The van der Waals surface area contributed by atoms with Crippen molar-refractivity contribution in [3.8, 4) is 0 Å². The Morgan fingerprint density at radius 3 is 2.61 bits per heavy atom. The van der Waals surface area contributed by atoms with Gasteiger partial charge in [-0.1, -0.05) is 43.7 Å². The molecule has 0 bridgehead atoms. The van der Waals surface area contributed by atoms with Gasteiger partial charge in [0.1, 0.15) is 0 Å². The molecule has 2 N–H and O–H groups in total. The van der Waals surface area contributed by atoms with Gasteiger partial charge in [-0.3, -0.25) is 0 Å². The third-order valence-electron chi connectivity index (χ3n) is 6.03. The number of aliphatic hydroxyl groups excluding tert-OH is 1. The van der Waals surface area contributed by atoms with Crippen LogP contribution in [-0.4, -0.2) is 48.3 Å². The molecule has 0 spiro atoms. The Labute approximate surface area is 141 Å². The van der Waals surface area contributed by atoms with Crippen LogP contribution in [0, 0.1) is 5.41 Å². The van der Waals surface area contributed by atoms with Gasteiger partial charge >= 0.3 is 0 Å². The van der Waals surface area contributed by atoms with Crippen molar-refractivity contribution in [3.63, 3.8) is 0 Å². The van der Waals surface area contributed by atoms with Crippen LogP contribution in [0.2, 0.25) is 0 Å². The molecule has 3 nitrogen and oxygen atoms in total. The first kappa shape index (κ1) is 16.9. The van der Waals surface area contributed by atoms with Crippen molar-refractivity contribution in [1.82, 2.24) is 10.2 Å². The fourth-order valence-electron chi connectivity index (χ4n) is 4.25. The zero-order valence-electron chi connectivity index (χ0n) is 14.5. The zero-order chi connectivity index (χ0) is 16.1. The molecule has 128 valence electrons. The number of rotatable bonds is 6. The van der Waals surface area contributed by atoms with E-state index >= 15 is 0 Å². The minimum absolute atomic E-state index is 0.102. The van der Waals surface area contributed by atoms with Gasteiger partial charge in [-0.2, -0.15) is 0 Å². The normalized spacial score (nSPS) is 29.9. The molecule has 1 aliphatic carbocycles. The standard InChI is InChI=1S/C20H32N2O/c1-20(16-23)12-5-8-19(20)21-18-10-14-22(15-11-18)13-9-17-6-3-2-4-7-17/h2-4,6-7,18-19,21,23H,5,8-16H2,1H3. The van der Waals surface area contributed by atoms with Crippen molar-refractivity contribution in [1.29, 1.82) is 0 Å². The van der Waals surface area contributed by atoms with E-state index in [1.54, 1.807) is 0 Å². The molecule has 0 radical (unpaired) electrons. The molecule has 1 heterocycles. The molecule has 2 unspecified atom stereocenters. The summed E-state index contributed by atoms with van der Waals surface area (Å²) in [6, 6.07) is 11.9. The fraction of sp³-hybridized carbons (Fsp3) is 0.700. The Bertz CT molecular complexity index is 470. The summed E-state index contributed by atoms with van der Waals surface area (Å²) < 4.78 is 0. The Hall–Kier alpha value is -0.900. The largest absolute Gasteiger partial charge is 0.396 e. The summed E-state index contributed by atoms with van der Waals surface area (Å²) in [5.74, 6) is 0. The van der Waals surface area contributed by atoms with E-state index in [4.69, 9.17) is 0 Å². The Morgan fingerprint density at radius 2 is 1.91 bits per heavy atom. The van der Waals surface area contributed by atoms with E-state index in [1.807, 2.05) is 0 Å². The van der Waals surface area contributed by atoms with Crippen LogP contribution in [0.3, 0.4) is 0 Å². The smallest absolute Gasteiger partial charge is 0.0499 e. The molecule has 2 aliphatic rings. The monoisotopic (exact) mass is 316 g/mol. The number of likely N-dealkylation sites (tertiary alicyclic amines) is 1. The van der Waals surface area contributed by atoms with E-state index in [-0.39, 0.29) is 5.41 Å². The Kier molecular flexibility index (Phi) is 5.73. The van der Waals surface area contributed by atoms with Crippen molar-refractivity contribution in [2.24, 2.45) is 5.41 Å². The van der Waals surface area contributed by atoms with Crippen LogP contribution in [0.5, 0.6) is 0 Å². The predicted octanol–water partition coefficient (Wildman–Crippen LogP) is 2.83. The number of hydrogen-bond acceptors (Lipinski definition) is 3. The SMILES string of the molecule is CC1(CO)CCCC1NC1CCN(CCc2ccccc2)CC1. The van der Waals surface area contributed by atoms with Gasteiger partial charge in [-0.25, -0.2) is 0 Å². The summed E-state index contributed by atoms with van der Waals surface area (Å²) in [6.45, 7) is 6.14. The van der Waals surface area contributed by atoms with Crippen molar-refractivity contribution in [3.05, 3.63) is 35.9 Å². The molecule has 2 fully saturated rings. The van der Waals surface area contributed by atoms with Gasteiger partial charge in [0.15, 0.2) is 0 Å². The van der Waals surface area contributed by atoms with Crippen LogP contribution >= 0.6 is 0 Å². The molecule has 1 saturated heterocycles. The first-order valence-corrected chi connectivity index (χ1v) is 9.33. The quantitative estimate of drug-likeness (QED) is 0.847. The van der Waals surface area contributed by atoms with E-state index in [0.717, 1.165) is 12.8 Å². The van der Waals surface area contributed by atoms with Gasteiger partial charge < -0.3 is 15.3 Å². The van der Waals surface area contributed by atoms with Gasteiger partial charge in [0.05, 0.1) is 0 Å². The second-order valence-corrected chi connectivity index (χ2v) is 7.78. The van der Waals surface area contributed by atoms with Crippen molar-refractivity contribution in [2.45, 2.75) is 57.5 Å². The second-order valence-electron chi connectivity index (χ2n) is 7.78. The minimum atomic E-state index is 0.102. The average molecular weight is 316 g/mol. The lowest BCUT2D eigenvalue weighted by Crippen LogP contribution is -2.50. The minimum Gasteiger partial charge on any atom is -0.396 e. The van der Waals surface area contributed by atoms with Gasteiger partial charge in [0.2, 0.25) is 0 Å². The Morgan fingerprint density at radius 1 is 1.17 bits per heavy atom. The lowest BCUT2D eigenvalue weighted by atomic mass is 9.85. The van der Waals surface area contributed by atoms with Crippen LogP contribution < -0.4 is 5.32 Å². The molecule has 1 aromatic carbocycles. The highest BCUT2D eigenvalue weighted by molar-refractivity contribution is 5.14. The van der Waals surface area contributed by atoms with Gasteiger partial charge in [-0.15, -0.1) is 0 Å². The summed E-state index contributed by atoms with van der Waals surface area (Å²) >= 11 is 0. The van der Waals surface area contributed by atoms with E-state index < -0.39 is 0 Å². The molecule has 0 amide bonds. The van der Waals surface area contributed by atoms with Gasteiger partial charge in [0.25, 0.3) is 0 Å². The summed E-state index contributed by atoms with van der Waals surface area (Å²) in [5, 5.41) is 13.6. The molecule has 1 aromatic rings. The maximum Gasteiger partial charge on any atom is 0.0499 e. The highest BCUT2D eigenvalue weighted by Crippen LogP contribution is 2.38. The second kappa shape index (κ2) is 7.78. The van der Waals surface area contributed by atoms with Crippen molar-refractivity contribution in [2.75, 3.05) is 26.2 Å². The zero-order valence-corrected chi connectivity index (χ0v) is 14.5. The Balaban J connectivity index is 1.40. The molecular weight excluding hydrogens is 284 g/mol. The maximum atomic E-state index is 9.70. The molecule has 23 heavy (non-hydrogen) atoms. The van der Waals surface area contributed by atoms with Gasteiger partial charge in [0, 0.05) is 30.7 Å². The van der Waals surface area contributed by atoms with Crippen molar-refractivity contribution >= 4 is 0 Å². The molecule has 1 saturated carbocycles. The van der Waals surface area contributed by atoms with E-state index in [0.29, 0.717) is 18.7 Å². The number of nitrogens with one attached hydrogen (secondary N) is 1. The van der Waals surface area contributed by atoms with Gasteiger partial charge in [-0.05, 0) is 50.8 Å². The van der Waals surface area contributed by atoms with E-state index in [9.17, 15) is 5.11 Å². The fourth-order valence-corrected chi connectivity index (χ4v) is 4.25. The van der Waals surface area contributed by atoms with Crippen LogP contribution in [0.25, 0.3) is 0 Å². The summed E-state index contributed by atoms with van der Waals surface area (Å²) in [6.07, 6.45) is 7.29. The topological polar surface area (TPSA) is 35.5 Å². The van der Waals surface area contributed by atoms with E-state index in [2.05, 4.69) is 47.5 Å². The average Bonchev–Trinajstić information content (AvgIpc) is 2.96. The van der Waals surface area contributed by atoms with E-state index in [1.165, 1.54) is 50.9 Å². The molecule has 2 atom stereocenters. The third-order valence-corrected chi connectivity index (χ3v) is 6.03. The molecule has 1 aliphatic heterocycles. The first-order chi connectivity index (χ1) is 11.2. The lowest BCUT2D eigenvalue weighted by molar-refractivity contribution is 0.103. The molecule has 3 rings (SSSR count). The summed E-state index contributed by atoms with van der Waals surface area (Å²) in [5.41, 5.74) is 1.54. The lowest BCUT2D eigenvalue weighted by Gasteiger charge is -2.38. The summed E-state index contributed by atoms with van der Waals surface area (Å²) in [7, 11) is 0. The maximum absolute atomic E-state index is 9.70. The van der Waals surface area contributed by atoms with Crippen LogP contribution in [-0.2, 0) is 6.42 Å². The molecule has 0 aromatic heterocycles. The van der Waals surface area contributed by atoms with Crippen molar-refractivity contribution < 1.29 is 5.11 Å². The highest BCUT2D eigenvalue weighted by atomic mass is 16.3. The number of hydrogen-bond donors (Lipinski definition) is 2. The number of benzene rings is 1. The van der Waals surface area contributed by atoms with Crippen LogP contribution in [0.15, 0.2) is 30.3 Å².